The summed E-state index contributed by atoms with van der Waals surface area (Å²) in [5, 5.41) is 0. The molecule has 3 unspecified atom stereocenters. The first-order chi connectivity index (χ1) is 9.45. The SMILES string of the molecule is CCC(C)N1CCC(N)CC1/C=C/C=C\C(F)=C(/C)F. The van der Waals surface area contributed by atoms with Crippen molar-refractivity contribution in [1.29, 1.82) is 0 Å². The highest BCUT2D eigenvalue weighted by Gasteiger charge is 2.27. The quantitative estimate of drug-likeness (QED) is 0.777. The van der Waals surface area contributed by atoms with Gasteiger partial charge in [0.2, 0.25) is 0 Å². The van der Waals surface area contributed by atoms with E-state index in [-0.39, 0.29) is 12.1 Å². The van der Waals surface area contributed by atoms with Gasteiger partial charge in [-0.15, -0.1) is 0 Å². The van der Waals surface area contributed by atoms with Crippen molar-refractivity contribution in [2.24, 2.45) is 5.73 Å². The molecule has 0 aliphatic carbocycles. The molecule has 4 heteroatoms. The van der Waals surface area contributed by atoms with Crippen LogP contribution in [0.15, 0.2) is 36.0 Å². The number of rotatable bonds is 5. The second kappa shape index (κ2) is 8.32. The maximum absolute atomic E-state index is 13.0. The van der Waals surface area contributed by atoms with E-state index in [1.165, 1.54) is 6.08 Å². The number of hydrogen-bond acceptors (Lipinski definition) is 2. The zero-order valence-electron chi connectivity index (χ0n) is 12.7. The van der Waals surface area contributed by atoms with Crippen molar-refractivity contribution in [3.63, 3.8) is 0 Å². The predicted octanol–water partition coefficient (Wildman–Crippen LogP) is 3.86. The molecular weight excluding hydrogens is 258 g/mol. The van der Waals surface area contributed by atoms with Gasteiger partial charge < -0.3 is 5.73 Å². The number of allylic oxidation sites excluding steroid dienone is 5. The van der Waals surface area contributed by atoms with Crippen LogP contribution in [0.25, 0.3) is 0 Å². The Morgan fingerprint density at radius 1 is 1.40 bits per heavy atom. The van der Waals surface area contributed by atoms with Crippen molar-refractivity contribution in [2.45, 2.75) is 58.2 Å². The van der Waals surface area contributed by atoms with Crippen LogP contribution in [-0.4, -0.2) is 29.6 Å². The average molecular weight is 284 g/mol. The average Bonchev–Trinajstić information content (AvgIpc) is 2.42. The molecule has 0 radical (unpaired) electrons. The third-order valence-electron chi connectivity index (χ3n) is 3.90. The molecule has 3 atom stereocenters. The van der Waals surface area contributed by atoms with Gasteiger partial charge in [-0.3, -0.25) is 4.90 Å². The molecule has 0 aromatic carbocycles. The van der Waals surface area contributed by atoms with E-state index in [9.17, 15) is 8.78 Å². The molecule has 0 aromatic heterocycles. The molecule has 0 amide bonds. The van der Waals surface area contributed by atoms with E-state index in [4.69, 9.17) is 5.73 Å². The highest BCUT2D eigenvalue weighted by atomic mass is 19.2. The molecule has 0 saturated carbocycles. The highest BCUT2D eigenvalue weighted by Crippen LogP contribution is 2.21. The van der Waals surface area contributed by atoms with Crippen molar-refractivity contribution in [3.05, 3.63) is 36.0 Å². The second-order valence-electron chi connectivity index (χ2n) is 5.47. The molecule has 0 aromatic rings. The number of halogens is 2. The molecule has 1 aliphatic rings. The Kier molecular flexibility index (Phi) is 7.10. The summed E-state index contributed by atoms with van der Waals surface area (Å²) in [5.41, 5.74) is 6.03. The maximum atomic E-state index is 13.0. The normalized spacial score (nSPS) is 28.1. The van der Waals surface area contributed by atoms with Crippen LogP contribution >= 0.6 is 0 Å². The van der Waals surface area contributed by atoms with E-state index >= 15 is 0 Å². The van der Waals surface area contributed by atoms with Gasteiger partial charge in [-0.25, -0.2) is 8.78 Å². The Bertz CT molecular complexity index is 384. The molecule has 2 nitrogen and oxygen atoms in total. The molecule has 0 bridgehead atoms. The molecular formula is C16H26F2N2. The largest absolute Gasteiger partial charge is 0.328 e. The molecule has 114 valence electrons. The van der Waals surface area contributed by atoms with Crippen LogP contribution in [-0.2, 0) is 0 Å². The van der Waals surface area contributed by atoms with E-state index in [1.807, 2.05) is 6.08 Å². The van der Waals surface area contributed by atoms with E-state index in [0.29, 0.717) is 6.04 Å². The summed E-state index contributed by atoms with van der Waals surface area (Å²) in [6, 6.07) is 1.00. The molecule has 20 heavy (non-hydrogen) atoms. The standard InChI is InChI=1S/C16H26F2N2/c1-4-12(2)20-10-9-14(19)11-15(20)7-5-6-8-16(18)13(3)17/h5-8,12,14-15H,4,9-11,19H2,1-3H3/b7-5+,8-6-,16-13-. The Morgan fingerprint density at radius 3 is 2.70 bits per heavy atom. The van der Waals surface area contributed by atoms with Gasteiger partial charge in [0.25, 0.3) is 0 Å². The van der Waals surface area contributed by atoms with Gasteiger partial charge in [-0.1, -0.05) is 25.2 Å². The van der Waals surface area contributed by atoms with Gasteiger partial charge in [-0.05, 0) is 39.2 Å². The first kappa shape index (κ1) is 17.1. The van der Waals surface area contributed by atoms with Gasteiger partial charge in [-0.2, -0.15) is 0 Å². The summed E-state index contributed by atoms with van der Waals surface area (Å²) in [6.07, 6.45) is 9.50. The van der Waals surface area contributed by atoms with Gasteiger partial charge in [0, 0.05) is 24.7 Å². The van der Waals surface area contributed by atoms with Gasteiger partial charge in [0.1, 0.15) is 5.83 Å². The van der Waals surface area contributed by atoms with Crippen LogP contribution in [0.1, 0.15) is 40.0 Å². The maximum Gasteiger partial charge on any atom is 0.154 e. The monoisotopic (exact) mass is 284 g/mol. The summed E-state index contributed by atoms with van der Waals surface area (Å²) in [4.78, 5) is 2.43. The molecule has 2 N–H and O–H groups in total. The highest BCUT2D eigenvalue weighted by molar-refractivity contribution is 5.19. The lowest BCUT2D eigenvalue weighted by molar-refractivity contribution is 0.118. The fourth-order valence-corrected chi connectivity index (χ4v) is 2.46. The molecule has 1 rings (SSSR count). The van der Waals surface area contributed by atoms with E-state index in [1.54, 1.807) is 6.08 Å². The van der Waals surface area contributed by atoms with Crippen LogP contribution < -0.4 is 5.73 Å². The summed E-state index contributed by atoms with van der Waals surface area (Å²) >= 11 is 0. The van der Waals surface area contributed by atoms with Crippen LogP contribution in [0.2, 0.25) is 0 Å². The van der Waals surface area contributed by atoms with Crippen molar-refractivity contribution in [1.82, 2.24) is 4.90 Å². The lowest BCUT2D eigenvalue weighted by atomic mass is 9.95. The first-order valence-electron chi connectivity index (χ1n) is 7.33. The molecule has 1 heterocycles. The molecule has 1 saturated heterocycles. The Morgan fingerprint density at radius 2 is 2.10 bits per heavy atom. The third kappa shape index (κ3) is 5.17. The zero-order valence-corrected chi connectivity index (χ0v) is 12.7. The second-order valence-corrected chi connectivity index (χ2v) is 5.47. The van der Waals surface area contributed by atoms with Crippen LogP contribution in [0.5, 0.6) is 0 Å². The number of hydrogen-bond donors (Lipinski definition) is 1. The van der Waals surface area contributed by atoms with Crippen molar-refractivity contribution >= 4 is 0 Å². The number of likely N-dealkylation sites (tertiary alicyclic amines) is 1. The summed E-state index contributed by atoms with van der Waals surface area (Å²) < 4.78 is 25.5. The van der Waals surface area contributed by atoms with Gasteiger partial charge in [0.05, 0.1) is 0 Å². The molecule has 1 aliphatic heterocycles. The third-order valence-corrected chi connectivity index (χ3v) is 3.90. The van der Waals surface area contributed by atoms with Crippen LogP contribution in [0.4, 0.5) is 8.78 Å². The number of piperidine rings is 1. The lowest BCUT2D eigenvalue weighted by Gasteiger charge is -2.40. The topological polar surface area (TPSA) is 29.3 Å². The fraction of sp³-hybridized carbons (Fsp3) is 0.625. The predicted molar refractivity (Wildman–Crippen MR) is 80.7 cm³/mol. The molecule has 0 spiro atoms. The minimum Gasteiger partial charge on any atom is -0.328 e. The summed E-state index contributed by atoms with van der Waals surface area (Å²) in [6.45, 7) is 6.48. The Labute approximate surface area is 121 Å². The van der Waals surface area contributed by atoms with E-state index < -0.39 is 11.7 Å². The van der Waals surface area contributed by atoms with Gasteiger partial charge in [0.15, 0.2) is 5.83 Å². The van der Waals surface area contributed by atoms with Crippen LogP contribution in [0.3, 0.4) is 0 Å². The fourth-order valence-electron chi connectivity index (χ4n) is 2.46. The van der Waals surface area contributed by atoms with Crippen molar-refractivity contribution in [2.75, 3.05) is 6.54 Å². The Balaban J connectivity index is 2.67. The number of nitrogens with zero attached hydrogens (tertiary/aromatic N) is 1. The van der Waals surface area contributed by atoms with E-state index in [0.717, 1.165) is 38.8 Å². The Hall–Kier alpha value is -1.00. The summed E-state index contributed by atoms with van der Waals surface area (Å²) in [7, 11) is 0. The lowest BCUT2D eigenvalue weighted by Crippen LogP contribution is -2.49. The minimum atomic E-state index is -0.825. The van der Waals surface area contributed by atoms with Crippen LogP contribution in [0, 0.1) is 0 Å². The zero-order chi connectivity index (χ0) is 15.1. The van der Waals surface area contributed by atoms with Gasteiger partial charge >= 0.3 is 0 Å². The molecule has 1 fully saturated rings. The summed E-state index contributed by atoms with van der Waals surface area (Å²) in [5.74, 6) is -1.62. The van der Waals surface area contributed by atoms with Crippen molar-refractivity contribution in [3.8, 4) is 0 Å². The number of nitrogens with two attached hydrogens (primary N) is 1. The minimum absolute atomic E-state index is 0.221. The smallest absolute Gasteiger partial charge is 0.154 e. The van der Waals surface area contributed by atoms with Crippen molar-refractivity contribution < 1.29 is 8.78 Å². The van der Waals surface area contributed by atoms with E-state index in [2.05, 4.69) is 18.7 Å². The first-order valence-corrected chi connectivity index (χ1v) is 7.33.